The van der Waals surface area contributed by atoms with Crippen molar-refractivity contribution >= 4 is 0 Å². The Labute approximate surface area is 92.9 Å². The molecule has 86 valence electrons. The van der Waals surface area contributed by atoms with Crippen molar-refractivity contribution in [1.82, 2.24) is 0 Å². The molecular formula is C13H23NO. The molecule has 0 radical (unpaired) electrons. The Morgan fingerprint density at radius 2 is 2.33 bits per heavy atom. The first-order valence-electron chi connectivity index (χ1n) is 6.35. The molecule has 0 aromatic carbocycles. The molecule has 0 heterocycles. The van der Waals surface area contributed by atoms with E-state index in [1.165, 1.54) is 44.1 Å². The molecule has 2 nitrogen and oxygen atoms in total. The van der Waals surface area contributed by atoms with E-state index < -0.39 is 0 Å². The van der Waals surface area contributed by atoms with Gasteiger partial charge in [-0.2, -0.15) is 0 Å². The van der Waals surface area contributed by atoms with Crippen molar-refractivity contribution < 1.29 is 4.74 Å². The zero-order valence-electron chi connectivity index (χ0n) is 9.74. The second-order valence-electron chi connectivity index (χ2n) is 4.93. The number of rotatable bonds is 5. The summed E-state index contributed by atoms with van der Waals surface area (Å²) in [6.45, 7) is 2.93. The van der Waals surface area contributed by atoms with Crippen molar-refractivity contribution in [2.75, 3.05) is 6.61 Å². The van der Waals surface area contributed by atoms with Crippen LogP contribution in [0.1, 0.15) is 45.4 Å². The van der Waals surface area contributed by atoms with Crippen LogP contribution in [0.15, 0.2) is 11.6 Å². The van der Waals surface area contributed by atoms with Crippen molar-refractivity contribution in [3.05, 3.63) is 11.6 Å². The normalized spacial score (nSPS) is 32.3. The van der Waals surface area contributed by atoms with E-state index in [0.717, 1.165) is 12.5 Å². The number of ether oxygens (including phenoxy) is 1. The zero-order chi connectivity index (χ0) is 10.7. The predicted octanol–water partition coefficient (Wildman–Crippen LogP) is 2.63. The first-order chi connectivity index (χ1) is 7.29. The minimum Gasteiger partial charge on any atom is -0.378 e. The molecule has 1 atom stereocenters. The third-order valence-corrected chi connectivity index (χ3v) is 3.73. The second-order valence-corrected chi connectivity index (χ2v) is 4.93. The van der Waals surface area contributed by atoms with Gasteiger partial charge in [-0.1, -0.05) is 11.6 Å². The zero-order valence-corrected chi connectivity index (χ0v) is 9.74. The minimum absolute atomic E-state index is 0.333. The van der Waals surface area contributed by atoms with Gasteiger partial charge in [-0.3, -0.25) is 0 Å². The quantitative estimate of drug-likeness (QED) is 0.706. The summed E-state index contributed by atoms with van der Waals surface area (Å²) in [6.07, 6.45) is 10.3. The Hall–Kier alpha value is -0.340. The van der Waals surface area contributed by atoms with Gasteiger partial charge in [0, 0.05) is 12.6 Å². The summed E-state index contributed by atoms with van der Waals surface area (Å²) in [4.78, 5) is 0. The first kappa shape index (κ1) is 11.2. The highest BCUT2D eigenvalue weighted by Crippen LogP contribution is 2.35. The van der Waals surface area contributed by atoms with Crippen molar-refractivity contribution in [2.24, 2.45) is 11.7 Å². The summed E-state index contributed by atoms with van der Waals surface area (Å²) in [6, 6.07) is 0.333. The van der Waals surface area contributed by atoms with Crippen LogP contribution >= 0.6 is 0 Å². The molecule has 0 aromatic rings. The molecule has 0 bridgehead atoms. The summed E-state index contributed by atoms with van der Waals surface area (Å²) in [5.41, 5.74) is 7.71. The fraction of sp³-hybridized carbons (Fsp3) is 0.846. The van der Waals surface area contributed by atoms with Gasteiger partial charge in [0.1, 0.15) is 0 Å². The van der Waals surface area contributed by atoms with Gasteiger partial charge in [-0.15, -0.1) is 0 Å². The lowest BCUT2D eigenvalue weighted by Gasteiger charge is -2.36. The highest BCUT2D eigenvalue weighted by Gasteiger charge is 2.31. The third-order valence-electron chi connectivity index (χ3n) is 3.73. The lowest BCUT2D eigenvalue weighted by molar-refractivity contribution is -0.0274. The summed E-state index contributed by atoms with van der Waals surface area (Å²) in [5.74, 6) is 0.818. The van der Waals surface area contributed by atoms with E-state index in [0.29, 0.717) is 12.1 Å². The van der Waals surface area contributed by atoms with Crippen LogP contribution in [0, 0.1) is 5.92 Å². The number of nitrogens with two attached hydrogens (primary N) is 1. The topological polar surface area (TPSA) is 35.2 Å². The highest BCUT2D eigenvalue weighted by atomic mass is 16.5. The number of hydrogen-bond acceptors (Lipinski definition) is 2. The van der Waals surface area contributed by atoms with Crippen LogP contribution in [-0.2, 0) is 4.74 Å². The van der Waals surface area contributed by atoms with E-state index >= 15 is 0 Å². The molecule has 0 aromatic heterocycles. The molecule has 0 spiro atoms. The molecule has 2 heteroatoms. The van der Waals surface area contributed by atoms with Crippen LogP contribution in [0.5, 0.6) is 0 Å². The van der Waals surface area contributed by atoms with Crippen LogP contribution in [0.4, 0.5) is 0 Å². The highest BCUT2D eigenvalue weighted by molar-refractivity contribution is 5.14. The van der Waals surface area contributed by atoms with Crippen LogP contribution < -0.4 is 5.73 Å². The molecule has 0 amide bonds. The van der Waals surface area contributed by atoms with Gasteiger partial charge < -0.3 is 10.5 Å². The van der Waals surface area contributed by atoms with Crippen molar-refractivity contribution in [3.63, 3.8) is 0 Å². The maximum atomic E-state index is 6.20. The molecule has 15 heavy (non-hydrogen) atoms. The van der Waals surface area contributed by atoms with E-state index in [2.05, 4.69) is 13.0 Å². The molecule has 0 aliphatic heterocycles. The van der Waals surface area contributed by atoms with Crippen molar-refractivity contribution in [1.29, 1.82) is 0 Å². The molecule has 1 unspecified atom stereocenters. The van der Waals surface area contributed by atoms with E-state index in [9.17, 15) is 0 Å². The Morgan fingerprint density at radius 3 is 2.93 bits per heavy atom. The molecule has 2 N–H and O–H groups in total. The Kier molecular flexibility index (Phi) is 3.81. The van der Waals surface area contributed by atoms with Gasteiger partial charge in [-0.25, -0.2) is 0 Å². The largest absolute Gasteiger partial charge is 0.378 e. The lowest BCUT2D eigenvalue weighted by Crippen LogP contribution is -2.36. The van der Waals surface area contributed by atoms with Crippen molar-refractivity contribution in [2.45, 2.75) is 57.6 Å². The Morgan fingerprint density at radius 1 is 1.53 bits per heavy atom. The second kappa shape index (κ2) is 5.13. The molecule has 1 saturated carbocycles. The molecular weight excluding hydrogens is 186 g/mol. The molecule has 2 rings (SSSR count). The first-order valence-corrected chi connectivity index (χ1v) is 6.35. The van der Waals surface area contributed by atoms with Crippen LogP contribution in [0.2, 0.25) is 0 Å². The van der Waals surface area contributed by atoms with E-state index in [1.807, 2.05) is 0 Å². The maximum absolute atomic E-state index is 6.20. The molecule has 0 saturated heterocycles. The van der Waals surface area contributed by atoms with Crippen molar-refractivity contribution in [3.8, 4) is 0 Å². The number of hydrogen-bond donors (Lipinski definition) is 1. The average Bonchev–Trinajstić information content (AvgIpc) is 2.67. The smallest absolute Gasteiger partial charge is 0.0580 e. The fourth-order valence-corrected chi connectivity index (χ4v) is 2.78. The van der Waals surface area contributed by atoms with E-state index in [4.69, 9.17) is 10.5 Å². The summed E-state index contributed by atoms with van der Waals surface area (Å²) < 4.78 is 5.56. The molecule has 2 aliphatic rings. The van der Waals surface area contributed by atoms with Gasteiger partial charge in [0.25, 0.3) is 0 Å². The lowest BCUT2D eigenvalue weighted by atomic mass is 9.77. The van der Waals surface area contributed by atoms with Crippen LogP contribution in [0.3, 0.4) is 0 Å². The van der Waals surface area contributed by atoms with Gasteiger partial charge in [0.15, 0.2) is 0 Å². The summed E-state index contributed by atoms with van der Waals surface area (Å²) in [7, 11) is 0. The Bertz CT molecular complexity index is 231. The summed E-state index contributed by atoms with van der Waals surface area (Å²) >= 11 is 0. The van der Waals surface area contributed by atoms with Gasteiger partial charge in [0.2, 0.25) is 0 Å². The van der Waals surface area contributed by atoms with Gasteiger partial charge in [-0.05, 0) is 51.4 Å². The third kappa shape index (κ3) is 2.82. The van der Waals surface area contributed by atoms with Gasteiger partial charge >= 0.3 is 0 Å². The standard InChI is InChI=1S/C13H23NO/c1-2-15-12-7-10(8-12)9-13(14)11-5-3-4-6-11/h5,10,12-13H,2-4,6-9,14H2,1H3. The van der Waals surface area contributed by atoms with E-state index in [1.54, 1.807) is 0 Å². The average molecular weight is 209 g/mol. The van der Waals surface area contributed by atoms with Gasteiger partial charge in [0.05, 0.1) is 6.10 Å². The minimum atomic E-state index is 0.333. The maximum Gasteiger partial charge on any atom is 0.0580 e. The molecule has 1 fully saturated rings. The molecule has 2 aliphatic carbocycles. The SMILES string of the molecule is CCOC1CC(CC(N)C2=CCCC2)C1. The Balaban J connectivity index is 1.66. The number of allylic oxidation sites excluding steroid dienone is 1. The summed E-state index contributed by atoms with van der Waals surface area (Å²) in [5, 5.41) is 0. The monoisotopic (exact) mass is 209 g/mol. The van der Waals surface area contributed by atoms with E-state index in [-0.39, 0.29) is 0 Å². The van der Waals surface area contributed by atoms with Crippen LogP contribution in [0.25, 0.3) is 0 Å². The van der Waals surface area contributed by atoms with Crippen LogP contribution in [-0.4, -0.2) is 18.8 Å². The predicted molar refractivity (Wildman–Crippen MR) is 62.7 cm³/mol. The fourth-order valence-electron chi connectivity index (χ4n) is 2.78.